The molecule has 2 rings (SSSR count). The summed E-state index contributed by atoms with van der Waals surface area (Å²) in [7, 11) is 0. The van der Waals surface area contributed by atoms with Crippen molar-refractivity contribution in [3.63, 3.8) is 0 Å². The van der Waals surface area contributed by atoms with E-state index in [-0.39, 0.29) is 12.4 Å². The van der Waals surface area contributed by atoms with E-state index in [2.05, 4.69) is 4.98 Å². The number of hydrogen-bond acceptors (Lipinski definition) is 3. The van der Waals surface area contributed by atoms with Gasteiger partial charge in [0.25, 0.3) is 0 Å². The average molecular weight is 176 g/mol. The average Bonchev–Trinajstić information content (AvgIpc) is 2.35. The molecule has 5 heteroatoms. The second kappa shape index (κ2) is 2.48. The SMILES string of the molecule is Cl.Nc1cnc2sccn12. The van der Waals surface area contributed by atoms with Crippen molar-refractivity contribution < 1.29 is 0 Å². The Balaban J connectivity index is 0.000000500. The van der Waals surface area contributed by atoms with Gasteiger partial charge in [-0.1, -0.05) is 0 Å². The molecule has 0 amide bonds. The van der Waals surface area contributed by atoms with Crippen LogP contribution in [0.15, 0.2) is 17.8 Å². The van der Waals surface area contributed by atoms with E-state index in [1.807, 2.05) is 16.0 Å². The highest BCUT2D eigenvalue weighted by Crippen LogP contribution is 2.12. The number of halogens is 1. The second-order valence-electron chi connectivity index (χ2n) is 1.74. The quantitative estimate of drug-likeness (QED) is 0.658. The van der Waals surface area contributed by atoms with Crippen molar-refractivity contribution in [1.29, 1.82) is 0 Å². The number of rotatable bonds is 0. The smallest absolute Gasteiger partial charge is 0.195 e. The first kappa shape index (κ1) is 7.37. The number of nitrogens with two attached hydrogens (primary N) is 1. The summed E-state index contributed by atoms with van der Waals surface area (Å²) in [4.78, 5) is 4.99. The molecule has 0 spiro atoms. The predicted molar refractivity (Wildman–Crippen MR) is 44.7 cm³/mol. The lowest BCUT2D eigenvalue weighted by molar-refractivity contribution is 1.24. The molecule has 2 aromatic rings. The molecular formula is C5H6ClN3S. The Morgan fingerprint density at radius 2 is 2.40 bits per heavy atom. The first-order valence-electron chi connectivity index (χ1n) is 2.54. The number of aromatic nitrogens is 2. The molecule has 2 aromatic heterocycles. The van der Waals surface area contributed by atoms with Crippen molar-refractivity contribution in [3.8, 4) is 0 Å². The minimum atomic E-state index is 0. The Kier molecular flexibility index (Phi) is 1.82. The first-order chi connectivity index (χ1) is 4.38. The molecular weight excluding hydrogens is 170 g/mol. The number of nitrogens with zero attached hydrogens (tertiary/aromatic N) is 2. The first-order valence-corrected chi connectivity index (χ1v) is 3.42. The molecule has 10 heavy (non-hydrogen) atoms. The summed E-state index contributed by atoms with van der Waals surface area (Å²) in [5.41, 5.74) is 5.53. The van der Waals surface area contributed by atoms with E-state index in [9.17, 15) is 0 Å². The van der Waals surface area contributed by atoms with Gasteiger partial charge in [-0.3, -0.25) is 4.40 Å². The number of nitrogen functional groups attached to an aromatic ring is 1. The fourth-order valence-electron chi connectivity index (χ4n) is 0.745. The zero-order chi connectivity index (χ0) is 6.27. The molecule has 0 bridgehead atoms. The van der Waals surface area contributed by atoms with Gasteiger partial charge < -0.3 is 5.73 Å². The highest BCUT2D eigenvalue weighted by molar-refractivity contribution is 7.15. The minimum Gasteiger partial charge on any atom is -0.383 e. The summed E-state index contributed by atoms with van der Waals surface area (Å²) < 4.78 is 1.85. The Bertz CT molecular complexity index is 326. The zero-order valence-corrected chi connectivity index (χ0v) is 6.65. The Morgan fingerprint density at radius 3 is 3.10 bits per heavy atom. The molecule has 0 aliphatic heterocycles. The number of anilines is 1. The molecule has 2 heterocycles. The number of thiazole rings is 1. The van der Waals surface area contributed by atoms with Crippen LogP contribution in [-0.4, -0.2) is 9.38 Å². The van der Waals surface area contributed by atoms with Crippen molar-refractivity contribution in [1.82, 2.24) is 9.38 Å². The van der Waals surface area contributed by atoms with Crippen LogP contribution in [0.5, 0.6) is 0 Å². The van der Waals surface area contributed by atoms with Gasteiger partial charge in [-0.25, -0.2) is 4.98 Å². The Morgan fingerprint density at radius 1 is 1.60 bits per heavy atom. The standard InChI is InChI=1S/C5H5N3S.ClH/c6-4-3-7-5-8(4)1-2-9-5;/h1-3H,6H2;1H. The van der Waals surface area contributed by atoms with E-state index >= 15 is 0 Å². The van der Waals surface area contributed by atoms with Crippen LogP contribution in [0.25, 0.3) is 4.96 Å². The summed E-state index contributed by atoms with van der Waals surface area (Å²) >= 11 is 1.58. The molecule has 54 valence electrons. The molecule has 0 unspecified atom stereocenters. The second-order valence-corrected chi connectivity index (χ2v) is 2.61. The van der Waals surface area contributed by atoms with Crippen LogP contribution in [0.4, 0.5) is 5.82 Å². The maximum atomic E-state index is 5.53. The Hall–Kier alpha value is -0.740. The van der Waals surface area contributed by atoms with E-state index in [4.69, 9.17) is 5.73 Å². The molecule has 0 aliphatic carbocycles. The van der Waals surface area contributed by atoms with Crippen LogP contribution in [-0.2, 0) is 0 Å². The van der Waals surface area contributed by atoms with Gasteiger partial charge >= 0.3 is 0 Å². The number of fused-ring (bicyclic) bond motifs is 1. The highest BCUT2D eigenvalue weighted by Gasteiger charge is 1.96. The third-order valence-corrected chi connectivity index (χ3v) is 1.95. The van der Waals surface area contributed by atoms with E-state index in [0.717, 1.165) is 4.96 Å². The fourth-order valence-corrected chi connectivity index (χ4v) is 1.44. The Labute approximate surface area is 67.9 Å². The molecule has 0 atom stereocenters. The third kappa shape index (κ3) is 0.853. The summed E-state index contributed by atoms with van der Waals surface area (Å²) in [6.45, 7) is 0. The summed E-state index contributed by atoms with van der Waals surface area (Å²) in [6, 6.07) is 0. The molecule has 0 saturated heterocycles. The van der Waals surface area contributed by atoms with Gasteiger partial charge in [-0.2, -0.15) is 0 Å². The van der Waals surface area contributed by atoms with Crippen molar-refractivity contribution in [2.75, 3.05) is 5.73 Å². The molecule has 3 nitrogen and oxygen atoms in total. The lowest BCUT2D eigenvalue weighted by Gasteiger charge is -1.82. The maximum Gasteiger partial charge on any atom is 0.195 e. The van der Waals surface area contributed by atoms with Crippen molar-refractivity contribution in [2.45, 2.75) is 0 Å². The van der Waals surface area contributed by atoms with Gasteiger partial charge in [0.1, 0.15) is 5.82 Å². The largest absolute Gasteiger partial charge is 0.383 e. The number of hydrogen-bond donors (Lipinski definition) is 1. The maximum absolute atomic E-state index is 5.53. The van der Waals surface area contributed by atoms with Crippen molar-refractivity contribution >= 4 is 34.5 Å². The van der Waals surface area contributed by atoms with E-state index < -0.39 is 0 Å². The molecule has 0 radical (unpaired) electrons. The van der Waals surface area contributed by atoms with Crippen LogP contribution in [0.3, 0.4) is 0 Å². The summed E-state index contributed by atoms with van der Waals surface area (Å²) in [5, 5.41) is 1.96. The lowest BCUT2D eigenvalue weighted by Crippen LogP contribution is -1.86. The lowest BCUT2D eigenvalue weighted by atomic mass is 10.8. The monoisotopic (exact) mass is 175 g/mol. The summed E-state index contributed by atoms with van der Waals surface area (Å²) in [5.74, 6) is 0.700. The molecule has 0 aliphatic rings. The van der Waals surface area contributed by atoms with Crippen LogP contribution >= 0.6 is 23.7 Å². The van der Waals surface area contributed by atoms with Gasteiger partial charge in [0, 0.05) is 11.6 Å². The fraction of sp³-hybridized carbons (Fsp3) is 0. The molecule has 2 N–H and O–H groups in total. The summed E-state index contributed by atoms with van der Waals surface area (Å²) in [6.07, 6.45) is 3.56. The molecule has 0 aromatic carbocycles. The van der Waals surface area contributed by atoms with Gasteiger partial charge in [-0.05, 0) is 0 Å². The van der Waals surface area contributed by atoms with E-state index in [1.165, 1.54) is 0 Å². The van der Waals surface area contributed by atoms with Crippen molar-refractivity contribution in [2.24, 2.45) is 0 Å². The van der Waals surface area contributed by atoms with Crippen LogP contribution in [0.2, 0.25) is 0 Å². The molecule has 0 saturated carbocycles. The third-order valence-electron chi connectivity index (χ3n) is 1.17. The van der Waals surface area contributed by atoms with Crippen LogP contribution < -0.4 is 5.73 Å². The predicted octanol–water partition coefficient (Wildman–Crippen LogP) is 1.40. The van der Waals surface area contributed by atoms with Gasteiger partial charge in [-0.15, -0.1) is 23.7 Å². The van der Waals surface area contributed by atoms with Crippen LogP contribution in [0.1, 0.15) is 0 Å². The van der Waals surface area contributed by atoms with E-state index in [1.54, 1.807) is 17.5 Å². The van der Waals surface area contributed by atoms with Crippen LogP contribution in [0, 0.1) is 0 Å². The highest BCUT2D eigenvalue weighted by atomic mass is 35.5. The molecule has 0 fully saturated rings. The topological polar surface area (TPSA) is 43.3 Å². The normalized spacial score (nSPS) is 9.60. The van der Waals surface area contributed by atoms with Gasteiger partial charge in [0.15, 0.2) is 4.96 Å². The zero-order valence-electron chi connectivity index (χ0n) is 5.02. The van der Waals surface area contributed by atoms with Crippen molar-refractivity contribution in [3.05, 3.63) is 17.8 Å². The van der Waals surface area contributed by atoms with Gasteiger partial charge in [0.05, 0.1) is 6.20 Å². The minimum absolute atomic E-state index is 0. The van der Waals surface area contributed by atoms with Gasteiger partial charge in [0.2, 0.25) is 0 Å². The number of imidazole rings is 1. The van der Waals surface area contributed by atoms with E-state index in [0.29, 0.717) is 5.82 Å².